The van der Waals surface area contributed by atoms with Crippen LogP contribution < -0.4 is 0 Å². The molecule has 0 aliphatic rings. The molecule has 2 unspecified atom stereocenters. The van der Waals surface area contributed by atoms with Gasteiger partial charge in [-0.3, -0.25) is 13.8 Å². The Hall–Kier alpha value is -0.920. The van der Waals surface area contributed by atoms with Crippen LogP contribution in [0.4, 0.5) is 0 Å². The first-order chi connectivity index (χ1) is 17.6. The summed E-state index contributed by atoms with van der Waals surface area (Å²) >= 11 is 0. The molecule has 8 nitrogen and oxygen atoms in total. The highest BCUT2D eigenvalue weighted by Crippen LogP contribution is 2.43. The maximum atomic E-state index is 12.0. The van der Waals surface area contributed by atoms with Gasteiger partial charge in [0.05, 0.1) is 34.0 Å². The second-order valence-electron chi connectivity index (χ2n) is 10.9. The lowest BCUT2D eigenvalue weighted by Gasteiger charge is -2.24. The van der Waals surface area contributed by atoms with Gasteiger partial charge < -0.3 is 18.9 Å². The van der Waals surface area contributed by atoms with Gasteiger partial charge in [-0.25, -0.2) is 4.57 Å². The Morgan fingerprint density at radius 1 is 0.838 bits per heavy atom. The summed E-state index contributed by atoms with van der Waals surface area (Å²) in [6.45, 7) is 3.91. The Kier molecular flexibility index (Phi) is 22.4. The van der Waals surface area contributed by atoms with Gasteiger partial charge in [0.2, 0.25) is 0 Å². The number of rotatable bonds is 26. The van der Waals surface area contributed by atoms with Crippen molar-refractivity contribution in [2.75, 3.05) is 47.5 Å². The number of phosphoric ester groups is 1. The molecule has 0 aliphatic heterocycles. The van der Waals surface area contributed by atoms with Crippen molar-refractivity contribution in [1.82, 2.24) is 0 Å². The summed E-state index contributed by atoms with van der Waals surface area (Å²) in [5.74, 6) is -0.512. The van der Waals surface area contributed by atoms with E-state index in [2.05, 4.69) is 6.92 Å². The summed E-state index contributed by atoms with van der Waals surface area (Å²) in [5, 5.41) is 0. The van der Waals surface area contributed by atoms with Gasteiger partial charge in [0.25, 0.3) is 0 Å². The Labute approximate surface area is 227 Å². The van der Waals surface area contributed by atoms with Gasteiger partial charge in [-0.2, -0.15) is 0 Å². The summed E-state index contributed by atoms with van der Waals surface area (Å²) in [7, 11) is 1.63. The van der Waals surface area contributed by atoms with E-state index in [1.54, 1.807) is 6.26 Å². The van der Waals surface area contributed by atoms with E-state index in [0.717, 1.165) is 12.8 Å². The molecule has 1 N–H and O–H groups in total. The van der Waals surface area contributed by atoms with E-state index in [-0.39, 0.29) is 19.8 Å². The van der Waals surface area contributed by atoms with Gasteiger partial charge in [-0.15, -0.1) is 0 Å². The summed E-state index contributed by atoms with van der Waals surface area (Å²) in [4.78, 5) is 21.2. The molecular weight excluding hydrogens is 493 g/mol. The molecule has 0 saturated carbocycles. The molecule has 0 fully saturated rings. The highest BCUT2D eigenvalue weighted by molar-refractivity contribution is 7.47. The van der Waals surface area contributed by atoms with Crippen molar-refractivity contribution in [2.45, 2.75) is 116 Å². The van der Waals surface area contributed by atoms with Crippen molar-refractivity contribution in [3.8, 4) is 0 Å². The summed E-state index contributed by atoms with van der Waals surface area (Å²) in [6.07, 6.45) is 22.4. The zero-order valence-electron chi connectivity index (χ0n) is 24.5. The minimum absolute atomic E-state index is 0.0354. The van der Waals surface area contributed by atoms with E-state index >= 15 is 0 Å². The molecule has 37 heavy (non-hydrogen) atoms. The molecule has 0 aromatic rings. The molecule has 220 valence electrons. The number of quaternary nitrogens is 1. The van der Waals surface area contributed by atoms with Crippen molar-refractivity contribution in [3.05, 3.63) is 12.3 Å². The van der Waals surface area contributed by atoms with Gasteiger partial charge >= 0.3 is 13.8 Å². The lowest BCUT2D eigenvalue weighted by atomic mass is 10.0. The van der Waals surface area contributed by atoms with Crippen LogP contribution >= 0.6 is 7.82 Å². The zero-order valence-corrected chi connectivity index (χ0v) is 25.4. The molecule has 0 radical (unpaired) electrons. The van der Waals surface area contributed by atoms with Gasteiger partial charge in [0, 0.05) is 6.92 Å². The quantitative estimate of drug-likeness (QED) is 0.0402. The van der Waals surface area contributed by atoms with Crippen molar-refractivity contribution in [1.29, 1.82) is 0 Å². The van der Waals surface area contributed by atoms with Crippen LogP contribution in [0, 0.1) is 0 Å². The van der Waals surface area contributed by atoms with E-state index in [4.69, 9.17) is 18.5 Å². The second-order valence-corrected chi connectivity index (χ2v) is 12.4. The fourth-order valence-electron chi connectivity index (χ4n) is 3.75. The largest absolute Gasteiger partial charge is 0.498 e. The molecule has 0 aromatic heterocycles. The number of esters is 1. The first-order valence-corrected chi connectivity index (χ1v) is 15.9. The van der Waals surface area contributed by atoms with E-state index in [1.165, 1.54) is 90.4 Å². The van der Waals surface area contributed by atoms with Crippen molar-refractivity contribution >= 4 is 13.8 Å². The molecule has 0 amide bonds. The Morgan fingerprint density at radius 3 is 1.84 bits per heavy atom. The highest BCUT2D eigenvalue weighted by Gasteiger charge is 2.25. The number of carbonyl (C=O) groups is 1. The first-order valence-electron chi connectivity index (χ1n) is 14.4. The third-order valence-electron chi connectivity index (χ3n) is 5.97. The molecule has 0 bridgehead atoms. The number of hydrogen-bond donors (Lipinski definition) is 1. The van der Waals surface area contributed by atoms with E-state index < -0.39 is 19.9 Å². The molecular formula is C28H57NO7P+. The molecule has 0 rings (SSSR count). The Balaban J connectivity index is 3.81. The van der Waals surface area contributed by atoms with E-state index in [1.807, 2.05) is 27.2 Å². The SMILES string of the molecule is CCCCCCCCCCCCCCCC/C=C/OCC(COP(=O)(O)OCC[N+](C)(C)C)OC(C)=O. The van der Waals surface area contributed by atoms with Gasteiger partial charge in [0.1, 0.15) is 19.8 Å². The monoisotopic (exact) mass is 550 g/mol. The normalized spacial score (nSPS) is 14.5. The van der Waals surface area contributed by atoms with Crippen LogP contribution in [0.25, 0.3) is 0 Å². The maximum absolute atomic E-state index is 12.0. The number of ether oxygens (including phenoxy) is 2. The van der Waals surface area contributed by atoms with Crippen LogP contribution in [0.1, 0.15) is 110 Å². The van der Waals surface area contributed by atoms with Crippen LogP contribution in [0.3, 0.4) is 0 Å². The van der Waals surface area contributed by atoms with Crippen LogP contribution in [-0.2, 0) is 27.9 Å². The first kappa shape index (κ1) is 36.1. The van der Waals surface area contributed by atoms with Crippen molar-refractivity contribution in [2.24, 2.45) is 0 Å². The average Bonchev–Trinajstić information content (AvgIpc) is 2.80. The van der Waals surface area contributed by atoms with Crippen LogP contribution in [0.5, 0.6) is 0 Å². The lowest BCUT2D eigenvalue weighted by Crippen LogP contribution is -2.37. The molecule has 2 atom stereocenters. The summed E-state index contributed by atoms with van der Waals surface area (Å²) in [5.41, 5.74) is 0. The van der Waals surface area contributed by atoms with Gasteiger partial charge in [-0.05, 0) is 18.9 Å². The van der Waals surface area contributed by atoms with Crippen LogP contribution in [0.2, 0.25) is 0 Å². The van der Waals surface area contributed by atoms with Crippen LogP contribution in [-0.4, -0.2) is 69.0 Å². The lowest BCUT2D eigenvalue weighted by molar-refractivity contribution is -0.870. The number of nitrogens with zero attached hydrogens (tertiary/aromatic N) is 1. The number of unbranched alkanes of at least 4 members (excludes halogenated alkanes) is 14. The van der Waals surface area contributed by atoms with Crippen molar-refractivity contribution in [3.63, 3.8) is 0 Å². The Bertz CT molecular complexity index is 622. The maximum Gasteiger partial charge on any atom is 0.472 e. The number of allylic oxidation sites excluding steroid dienone is 1. The second kappa shape index (κ2) is 23.0. The fraction of sp³-hybridized carbons (Fsp3) is 0.893. The Morgan fingerprint density at radius 2 is 1.35 bits per heavy atom. The van der Waals surface area contributed by atoms with E-state index in [0.29, 0.717) is 11.0 Å². The van der Waals surface area contributed by atoms with Crippen LogP contribution in [0.15, 0.2) is 12.3 Å². The number of hydrogen-bond acceptors (Lipinski definition) is 6. The molecule has 0 aromatic carbocycles. The van der Waals surface area contributed by atoms with E-state index in [9.17, 15) is 14.3 Å². The molecule has 9 heteroatoms. The topological polar surface area (TPSA) is 91.3 Å². The molecule has 0 aliphatic carbocycles. The van der Waals surface area contributed by atoms with Crippen molar-refractivity contribution < 1.29 is 37.3 Å². The zero-order chi connectivity index (χ0) is 27.8. The smallest absolute Gasteiger partial charge is 0.472 e. The summed E-state index contributed by atoms with van der Waals surface area (Å²) < 4.78 is 33.2. The predicted octanol–water partition coefficient (Wildman–Crippen LogP) is 7.16. The standard InChI is InChI=1S/C28H56NO7P/c1-6-7-8-9-10-11-12-13-14-15-16-17-18-19-20-21-23-33-25-28(36-27(2)30)26-35-37(31,32)34-24-22-29(3,4)5/h21,23,28H,6-20,22,24-26H2,1-5H3/p+1/b23-21+. The number of carbonyl (C=O) groups excluding carboxylic acids is 1. The summed E-state index contributed by atoms with van der Waals surface area (Å²) in [6, 6.07) is 0. The molecule has 0 spiro atoms. The minimum Gasteiger partial charge on any atom is -0.498 e. The number of phosphoric acid groups is 1. The molecule has 0 heterocycles. The number of likely N-dealkylation sites (N-methyl/N-ethyl adjacent to an activating group) is 1. The predicted molar refractivity (Wildman–Crippen MR) is 150 cm³/mol. The fourth-order valence-corrected chi connectivity index (χ4v) is 4.49. The average molecular weight is 551 g/mol. The van der Waals surface area contributed by atoms with Gasteiger partial charge in [0.15, 0.2) is 6.10 Å². The third-order valence-corrected chi connectivity index (χ3v) is 6.96. The highest BCUT2D eigenvalue weighted by atomic mass is 31.2. The third kappa shape index (κ3) is 27.9. The van der Waals surface area contributed by atoms with Gasteiger partial charge in [-0.1, -0.05) is 90.4 Å². The minimum atomic E-state index is -4.23. The molecule has 0 saturated heterocycles.